The summed E-state index contributed by atoms with van der Waals surface area (Å²) >= 11 is 0. The van der Waals surface area contributed by atoms with Crippen LogP contribution in [-0.4, -0.2) is 7.05 Å². The highest BCUT2D eigenvalue weighted by atomic mass is 14.9. The number of hydrogen-bond acceptors (Lipinski definition) is 2. The van der Waals surface area contributed by atoms with E-state index in [4.69, 9.17) is 5.26 Å². The summed E-state index contributed by atoms with van der Waals surface area (Å²) in [4.78, 5) is 0. The molecule has 0 aromatic heterocycles. The van der Waals surface area contributed by atoms with Crippen molar-refractivity contribution in [2.45, 2.75) is 39.2 Å². The molecule has 2 unspecified atom stereocenters. The zero-order chi connectivity index (χ0) is 12.7. The van der Waals surface area contributed by atoms with Crippen molar-refractivity contribution in [2.75, 3.05) is 7.05 Å². The number of nitrogens with one attached hydrogen (secondary N) is 1. The van der Waals surface area contributed by atoms with Crippen LogP contribution < -0.4 is 5.32 Å². The smallest absolute Gasteiger partial charge is 0.0675 e. The van der Waals surface area contributed by atoms with Gasteiger partial charge in [0.2, 0.25) is 0 Å². The average Bonchev–Trinajstić information content (AvgIpc) is 2.37. The van der Waals surface area contributed by atoms with Crippen molar-refractivity contribution < 1.29 is 0 Å². The van der Waals surface area contributed by atoms with Gasteiger partial charge >= 0.3 is 0 Å². The van der Waals surface area contributed by atoms with Crippen molar-refractivity contribution in [2.24, 2.45) is 5.92 Å². The van der Waals surface area contributed by atoms with E-state index in [0.29, 0.717) is 0 Å². The summed E-state index contributed by atoms with van der Waals surface area (Å²) in [5.41, 5.74) is 2.58. The van der Waals surface area contributed by atoms with Crippen LogP contribution in [0.25, 0.3) is 0 Å². The number of hydrogen-bond donors (Lipinski definition) is 1. The van der Waals surface area contributed by atoms with Crippen LogP contribution in [0, 0.1) is 17.2 Å². The summed E-state index contributed by atoms with van der Waals surface area (Å²) in [5, 5.41) is 12.4. The van der Waals surface area contributed by atoms with Crippen LogP contribution in [0.3, 0.4) is 0 Å². The number of aryl methyl sites for hydroxylation is 1. The van der Waals surface area contributed by atoms with E-state index < -0.39 is 0 Å². The van der Waals surface area contributed by atoms with Crippen LogP contribution in [0.2, 0.25) is 0 Å². The summed E-state index contributed by atoms with van der Waals surface area (Å²) < 4.78 is 0. The van der Waals surface area contributed by atoms with Gasteiger partial charge in [0.25, 0.3) is 0 Å². The van der Waals surface area contributed by atoms with E-state index >= 15 is 0 Å². The van der Waals surface area contributed by atoms with Crippen LogP contribution >= 0.6 is 0 Å². The Bertz CT molecular complexity index is 362. The van der Waals surface area contributed by atoms with Gasteiger partial charge in [-0.2, -0.15) is 5.26 Å². The topological polar surface area (TPSA) is 35.8 Å². The Labute approximate surface area is 105 Å². The van der Waals surface area contributed by atoms with Gasteiger partial charge in [0.05, 0.1) is 12.0 Å². The number of benzene rings is 1. The second-order valence-corrected chi connectivity index (χ2v) is 4.40. The van der Waals surface area contributed by atoms with Crippen LogP contribution in [-0.2, 0) is 6.42 Å². The molecule has 0 amide bonds. The van der Waals surface area contributed by atoms with Gasteiger partial charge in [0.15, 0.2) is 0 Å². The first-order valence-electron chi connectivity index (χ1n) is 6.42. The fourth-order valence-corrected chi connectivity index (χ4v) is 2.18. The molecular formula is C15H22N2. The van der Waals surface area contributed by atoms with Gasteiger partial charge in [-0.25, -0.2) is 0 Å². The quantitative estimate of drug-likeness (QED) is 0.812. The molecule has 2 heteroatoms. The Morgan fingerprint density at radius 3 is 2.29 bits per heavy atom. The molecule has 0 heterocycles. The van der Waals surface area contributed by atoms with Crippen molar-refractivity contribution in [1.82, 2.24) is 5.32 Å². The number of rotatable bonds is 6. The third-order valence-electron chi connectivity index (χ3n) is 3.20. The average molecular weight is 230 g/mol. The highest BCUT2D eigenvalue weighted by Crippen LogP contribution is 2.24. The predicted molar refractivity (Wildman–Crippen MR) is 71.6 cm³/mol. The van der Waals surface area contributed by atoms with Gasteiger partial charge in [-0.05, 0) is 31.0 Å². The fraction of sp³-hybridized carbons (Fsp3) is 0.533. The van der Waals surface area contributed by atoms with Crippen LogP contribution in [0.4, 0.5) is 0 Å². The molecule has 2 nitrogen and oxygen atoms in total. The lowest BCUT2D eigenvalue weighted by Crippen LogP contribution is -2.24. The molecule has 17 heavy (non-hydrogen) atoms. The summed E-state index contributed by atoms with van der Waals surface area (Å²) in [6.07, 6.45) is 3.17. The second-order valence-electron chi connectivity index (χ2n) is 4.40. The predicted octanol–water partition coefficient (Wildman–Crippen LogP) is 3.45. The van der Waals surface area contributed by atoms with Crippen LogP contribution in [0.15, 0.2) is 24.3 Å². The van der Waals surface area contributed by atoms with E-state index in [-0.39, 0.29) is 12.0 Å². The Balaban J connectivity index is 2.86. The van der Waals surface area contributed by atoms with E-state index in [1.54, 1.807) is 0 Å². The minimum atomic E-state index is 0.0389. The van der Waals surface area contributed by atoms with Gasteiger partial charge in [-0.1, -0.05) is 44.5 Å². The molecule has 92 valence electrons. The van der Waals surface area contributed by atoms with E-state index in [1.807, 2.05) is 7.05 Å². The maximum Gasteiger partial charge on any atom is 0.0675 e. The Morgan fingerprint density at radius 2 is 1.88 bits per heavy atom. The molecule has 0 radical (unpaired) electrons. The minimum absolute atomic E-state index is 0.0389. The molecule has 2 atom stereocenters. The maximum absolute atomic E-state index is 9.14. The van der Waals surface area contributed by atoms with Gasteiger partial charge in [0.1, 0.15) is 0 Å². The van der Waals surface area contributed by atoms with Gasteiger partial charge in [0, 0.05) is 6.04 Å². The Kier molecular flexibility index (Phi) is 5.72. The molecule has 0 fully saturated rings. The Hall–Kier alpha value is -1.33. The van der Waals surface area contributed by atoms with Crippen molar-refractivity contribution in [3.8, 4) is 6.07 Å². The Morgan fingerprint density at radius 1 is 1.24 bits per heavy atom. The first-order valence-corrected chi connectivity index (χ1v) is 6.42. The van der Waals surface area contributed by atoms with Crippen LogP contribution in [0.5, 0.6) is 0 Å². The standard InChI is InChI=1S/C15H22N2/c1-4-6-12-7-9-14(10-8-12)15(17-3)13(5-2)11-16/h7-10,13,15,17H,4-6H2,1-3H3. The SMILES string of the molecule is CCCc1ccc(C(NC)C(C#N)CC)cc1. The molecule has 1 aromatic carbocycles. The molecule has 1 N–H and O–H groups in total. The molecule has 1 rings (SSSR count). The molecule has 0 saturated heterocycles. The monoisotopic (exact) mass is 230 g/mol. The zero-order valence-electron chi connectivity index (χ0n) is 11.0. The first kappa shape index (κ1) is 13.7. The lowest BCUT2D eigenvalue weighted by atomic mass is 9.91. The summed E-state index contributed by atoms with van der Waals surface area (Å²) in [7, 11) is 1.92. The largest absolute Gasteiger partial charge is 0.312 e. The summed E-state index contributed by atoms with van der Waals surface area (Å²) in [6.45, 7) is 4.25. The number of nitriles is 1. The minimum Gasteiger partial charge on any atom is -0.312 e. The number of nitrogens with zero attached hydrogens (tertiary/aromatic N) is 1. The van der Waals surface area contributed by atoms with Gasteiger partial charge in [-0.15, -0.1) is 0 Å². The van der Waals surface area contributed by atoms with Crippen molar-refractivity contribution in [3.63, 3.8) is 0 Å². The molecule has 0 spiro atoms. The molecule has 0 aliphatic heterocycles. The van der Waals surface area contributed by atoms with Crippen molar-refractivity contribution in [3.05, 3.63) is 35.4 Å². The third-order valence-corrected chi connectivity index (χ3v) is 3.20. The fourth-order valence-electron chi connectivity index (χ4n) is 2.18. The van der Waals surface area contributed by atoms with E-state index in [0.717, 1.165) is 12.8 Å². The molecular weight excluding hydrogens is 208 g/mol. The first-order chi connectivity index (χ1) is 8.26. The van der Waals surface area contributed by atoms with Crippen LogP contribution in [0.1, 0.15) is 43.9 Å². The lowest BCUT2D eigenvalue weighted by Gasteiger charge is -2.21. The molecule has 1 aromatic rings. The highest BCUT2D eigenvalue weighted by molar-refractivity contribution is 5.26. The lowest BCUT2D eigenvalue weighted by molar-refractivity contribution is 0.449. The molecule has 0 aliphatic carbocycles. The van der Waals surface area contributed by atoms with Crippen molar-refractivity contribution >= 4 is 0 Å². The second kappa shape index (κ2) is 7.09. The van der Waals surface area contributed by atoms with Gasteiger partial charge in [-0.3, -0.25) is 0 Å². The molecule has 0 saturated carbocycles. The van der Waals surface area contributed by atoms with E-state index in [2.05, 4.69) is 49.5 Å². The summed E-state index contributed by atoms with van der Waals surface area (Å²) in [6, 6.07) is 11.2. The maximum atomic E-state index is 9.14. The van der Waals surface area contributed by atoms with E-state index in [1.165, 1.54) is 17.5 Å². The zero-order valence-corrected chi connectivity index (χ0v) is 11.0. The molecule has 0 bridgehead atoms. The van der Waals surface area contributed by atoms with Crippen molar-refractivity contribution in [1.29, 1.82) is 5.26 Å². The molecule has 0 aliphatic rings. The summed E-state index contributed by atoms with van der Waals surface area (Å²) in [5.74, 6) is 0.0389. The normalized spacial score (nSPS) is 14.0. The highest BCUT2D eigenvalue weighted by Gasteiger charge is 2.19. The third kappa shape index (κ3) is 3.57. The van der Waals surface area contributed by atoms with E-state index in [9.17, 15) is 0 Å². The van der Waals surface area contributed by atoms with Gasteiger partial charge < -0.3 is 5.32 Å².